The third-order valence-electron chi connectivity index (χ3n) is 0.803. The first-order chi connectivity index (χ1) is 3.41. The summed E-state index contributed by atoms with van der Waals surface area (Å²) in [5.41, 5.74) is 5.23. The average Bonchev–Trinajstić information content (AvgIpc) is 1.69. The fraction of sp³-hybridized carbons (Fsp3) is 1.00. The van der Waals surface area contributed by atoms with Crippen LogP contribution in [-0.4, -0.2) is 23.6 Å². The topological polar surface area (TPSA) is 35.2 Å². The van der Waals surface area contributed by atoms with E-state index in [1.807, 2.05) is 0 Å². The van der Waals surface area contributed by atoms with Crippen LogP contribution < -0.4 is 5.73 Å². The van der Waals surface area contributed by atoms with E-state index in [-0.39, 0.29) is 0 Å². The molecule has 0 aromatic heterocycles. The van der Waals surface area contributed by atoms with Crippen molar-refractivity contribution in [2.45, 2.75) is 12.8 Å². The first-order valence-electron chi connectivity index (χ1n) is 2.61. The fourth-order valence-corrected chi connectivity index (χ4v) is 0.679. The molecule has 0 aliphatic carbocycles. The van der Waals surface area contributed by atoms with Crippen molar-refractivity contribution in [3.05, 3.63) is 0 Å². The van der Waals surface area contributed by atoms with Gasteiger partial charge in [0.1, 0.15) is 10.5 Å². The van der Waals surface area contributed by atoms with Crippen LogP contribution in [0, 0.1) is 0 Å². The third kappa shape index (κ3) is 6.14. The van der Waals surface area contributed by atoms with Gasteiger partial charge in [0.05, 0.1) is 0 Å². The molecule has 0 saturated carbocycles. The smallest absolute Gasteiger partial charge is 0.145 e. The Morgan fingerprint density at radius 3 is 2.57 bits per heavy atom. The van der Waals surface area contributed by atoms with Gasteiger partial charge in [0.2, 0.25) is 0 Å². The van der Waals surface area contributed by atoms with Crippen LogP contribution >= 0.6 is 0 Å². The van der Waals surface area contributed by atoms with Crippen LogP contribution in [0.4, 0.5) is 0 Å². The standard InChI is InChI=1S/C4H13NOSi/c5-3-1-2-4-6-7/h1-5H2,7H3. The number of unbranched alkanes of at least 4 members (excludes halogenated alkanes) is 1. The zero-order valence-corrected chi connectivity index (χ0v) is 6.81. The highest BCUT2D eigenvalue weighted by Crippen LogP contribution is 1.82. The van der Waals surface area contributed by atoms with E-state index in [1.54, 1.807) is 0 Å². The molecule has 0 atom stereocenters. The maximum atomic E-state index is 5.23. The van der Waals surface area contributed by atoms with E-state index in [4.69, 9.17) is 10.2 Å². The molecule has 7 heavy (non-hydrogen) atoms. The maximum Gasteiger partial charge on any atom is 0.145 e. The number of nitrogens with two attached hydrogens (primary N) is 1. The summed E-state index contributed by atoms with van der Waals surface area (Å²) in [5, 5.41) is 0. The van der Waals surface area contributed by atoms with E-state index in [0.29, 0.717) is 0 Å². The Balaban J connectivity index is 2.45. The highest BCUT2D eigenvalue weighted by molar-refractivity contribution is 5.97. The lowest BCUT2D eigenvalue weighted by molar-refractivity contribution is 0.337. The van der Waals surface area contributed by atoms with E-state index < -0.39 is 0 Å². The molecule has 44 valence electrons. The molecule has 0 fully saturated rings. The van der Waals surface area contributed by atoms with Crippen LogP contribution in [0.1, 0.15) is 12.8 Å². The molecule has 0 amide bonds. The largest absolute Gasteiger partial charge is 0.428 e. The quantitative estimate of drug-likeness (QED) is 0.381. The summed E-state index contributed by atoms with van der Waals surface area (Å²) < 4.78 is 4.93. The van der Waals surface area contributed by atoms with Gasteiger partial charge in [-0.05, 0) is 19.4 Å². The van der Waals surface area contributed by atoms with Crippen LogP contribution in [0.2, 0.25) is 0 Å². The van der Waals surface area contributed by atoms with Gasteiger partial charge in [-0.15, -0.1) is 0 Å². The molecular formula is C4H13NOSi. The van der Waals surface area contributed by atoms with Gasteiger partial charge < -0.3 is 10.2 Å². The summed E-state index contributed by atoms with van der Waals surface area (Å²) >= 11 is 0. The van der Waals surface area contributed by atoms with Crippen LogP contribution in [0.15, 0.2) is 0 Å². The lowest BCUT2D eigenvalue weighted by Crippen LogP contribution is -2.00. The van der Waals surface area contributed by atoms with Crippen LogP contribution in [0.5, 0.6) is 0 Å². The molecule has 0 aliphatic heterocycles. The Morgan fingerprint density at radius 2 is 2.14 bits per heavy atom. The Kier molecular flexibility index (Phi) is 6.26. The third-order valence-corrected chi connectivity index (χ3v) is 1.21. The molecule has 0 saturated heterocycles. The molecule has 2 nitrogen and oxygen atoms in total. The summed E-state index contributed by atoms with van der Waals surface area (Å²) in [4.78, 5) is 0. The molecule has 0 rings (SSSR count). The molecule has 0 aromatic rings. The van der Waals surface area contributed by atoms with Crippen molar-refractivity contribution in [3.8, 4) is 0 Å². The van der Waals surface area contributed by atoms with Gasteiger partial charge in [-0.25, -0.2) is 0 Å². The second-order valence-electron chi connectivity index (χ2n) is 1.49. The first-order valence-corrected chi connectivity index (χ1v) is 3.42. The van der Waals surface area contributed by atoms with Crippen LogP contribution in [0.3, 0.4) is 0 Å². The van der Waals surface area contributed by atoms with Gasteiger partial charge in [-0.3, -0.25) is 0 Å². The number of hydrogen-bond acceptors (Lipinski definition) is 2. The van der Waals surface area contributed by atoms with Crippen molar-refractivity contribution in [1.29, 1.82) is 0 Å². The van der Waals surface area contributed by atoms with E-state index in [0.717, 1.165) is 36.5 Å². The molecule has 0 radical (unpaired) electrons. The van der Waals surface area contributed by atoms with E-state index in [2.05, 4.69) is 0 Å². The second kappa shape index (κ2) is 6.14. The van der Waals surface area contributed by atoms with Gasteiger partial charge in [0.25, 0.3) is 0 Å². The number of rotatable bonds is 4. The normalized spacial score (nSPS) is 9.86. The minimum absolute atomic E-state index is 0.797. The fourth-order valence-electron chi connectivity index (χ4n) is 0.391. The molecule has 3 heteroatoms. The summed E-state index contributed by atoms with van der Waals surface area (Å²) in [5.74, 6) is 0. The maximum absolute atomic E-state index is 5.23. The zero-order valence-electron chi connectivity index (χ0n) is 4.81. The van der Waals surface area contributed by atoms with Crippen molar-refractivity contribution in [2.24, 2.45) is 5.73 Å². The van der Waals surface area contributed by atoms with Crippen molar-refractivity contribution < 1.29 is 4.43 Å². The van der Waals surface area contributed by atoms with Gasteiger partial charge in [0.15, 0.2) is 0 Å². The zero-order chi connectivity index (χ0) is 5.54. The molecule has 0 unspecified atom stereocenters. The summed E-state index contributed by atoms with van der Waals surface area (Å²) in [6.07, 6.45) is 2.22. The van der Waals surface area contributed by atoms with Crippen LogP contribution in [-0.2, 0) is 4.43 Å². The lowest BCUT2D eigenvalue weighted by Gasteiger charge is -1.93. The summed E-state index contributed by atoms with van der Waals surface area (Å²) in [6, 6.07) is 0. The molecular weight excluding hydrogens is 106 g/mol. The Morgan fingerprint density at radius 1 is 1.43 bits per heavy atom. The Hall–Kier alpha value is 0.137. The van der Waals surface area contributed by atoms with Gasteiger partial charge in [0, 0.05) is 6.61 Å². The predicted molar refractivity (Wildman–Crippen MR) is 34.2 cm³/mol. The van der Waals surface area contributed by atoms with E-state index in [1.165, 1.54) is 0 Å². The van der Waals surface area contributed by atoms with Crippen molar-refractivity contribution in [1.82, 2.24) is 0 Å². The molecule has 0 spiro atoms. The molecule has 2 N–H and O–H groups in total. The minimum Gasteiger partial charge on any atom is -0.428 e. The molecule has 0 bridgehead atoms. The molecule has 0 heterocycles. The van der Waals surface area contributed by atoms with Crippen LogP contribution in [0.25, 0.3) is 0 Å². The SMILES string of the molecule is NCCCCO[SiH3]. The predicted octanol–water partition coefficient (Wildman–Crippen LogP) is -0.978. The summed E-state index contributed by atoms with van der Waals surface area (Å²) in [7, 11) is 0.865. The first kappa shape index (κ1) is 7.14. The second-order valence-corrected chi connectivity index (χ2v) is 2.07. The monoisotopic (exact) mass is 119 g/mol. The minimum atomic E-state index is 0.797. The van der Waals surface area contributed by atoms with E-state index >= 15 is 0 Å². The molecule has 0 aromatic carbocycles. The van der Waals surface area contributed by atoms with Crippen molar-refractivity contribution >= 4 is 10.5 Å². The molecule has 0 aliphatic rings. The highest BCUT2D eigenvalue weighted by Gasteiger charge is 1.79. The average molecular weight is 119 g/mol. The number of hydrogen-bond donors (Lipinski definition) is 1. The van der Waals surface area contributed by atoms with Crippen molar-refractivity contribution in [3.63, 3.8) is 0 Å². The van der Waals surface area contributed by atoms with Gasteiger partial charge >= 0.3 is 0 Å². The van der Waals surface area contributed by atoms with Crippen molar-refractivity contribution in [2.75, 3.05) is 13.2 Å². The Labute approximate surface area is 47.6 Å². The lowest BCUT2D eigenvalue weighted by atomic mass is 10.3. The van der Waals surface area contributed by atoms with Gasteiger partial charge in [-0.2, -0.15) is 0 Å². The summed E-state index contributed by atoms with van der Waals surface area (Å²) in [6.45, 7) is 1.70. The Bertz CT molecular complexity index is 30.9. The van der Waals surface area contributed by atoms with Gasteiger partial charge in [-0.1, -0.05) is 0 Å². The van der Waals surface area contributed by atoms with E-state index in [9.17, 15) is 0 Å². The highest BCUT2D eigenvalue weighted by atomic mass is 28.2.